The minimum absolute atomic E-state index is 0.101. The fraction of sp³-hybridized carbons (Fsp3) is 0.364. The van der Waals surface area contributed by atoms with E-state index in [4.69, 9.17) is 5.26 Å². The molecule has 1 heterocycles. The third-order valence-electron chi connectivity index (χ3n) is 2.63. The maximum atomic E-state index is 13.4. The predicted molar refractivity (Wildman–Crippen MR) is 67.4 cm³/mol. The molecule has 1 aromatic carbocycles. The van der Waals surface area contributed by atoms with Gasteiger partial charge in [-0.3, -0.25) is 10.6 Å². The Balaban J connectivity index is 2.21. The van der Waals surface area contributed by atoms with Crippen molar-refractivity contribution >= 4 is 22.6 Å². The summed E-state index contributed by atoms with van der Waals surface area (Å²) in [6, 6.07) is 6.78. The standard InChI is InChI=1S/C11H11FIN3/c12-9-3-7(1-2-8(9)5-14)10-4-11(13)16-6-15-10/h1-3,10-11,15-16H,4,6H2. The van der Waals surface area contributed by atoms with E-state index in [0.717, 1.165) is 18.7 Å². The average molecular weight is 331 g/mol. The van der Waals surface area contributed by atoms with Crippen LogP contribution in [0.25, 0.3) is 0 Å². The Hall–Kier alpha value is -0.710. The van der Waals surface area contributed by atoms with Crippen LogP contribution in [0.2, 0.25) is 0 Å². The smallest absolute Gasteiger partial charge is 0.141 e. The quantitative estimate of drug-likeness (QED) is 0.470. The Labute approximate surface area is 107 Å². The highest BCUT2D eigenvalue weighted by atomic mass is 127. The van der Waals surface area contributed by atoms with Gasteiger partial charge in [0.1, 0.15) is 11.9 Å². The van der Waals surface area contributed by atoms with E-state index in [1.54, 1.807) is 0 Å². The molecule has 0 amide bonds. The molecule has 3 nitrogen and oxygen atoms in total. The van der Waals surface area contributed by atoms with Crippen molar-refractivity contribution in [2.45, 2.75) is 16.5 Å². The van der Waals surface area contributed by atoms with Crippen molar-refractivity contribution in [2.75, 3.05) is 6.67 Å². The van der Waals surface area contributed by atoms with Crippen molar-refractivity contribution in [2.24, 2.45) is 0 Å². The van der Waals surface area contributed by atoms with Crippen molar-refractivity contribution < 1.29 is 4.39 Å². The lowest BCUT2D eigenvalue weighted by Gasteiger charge is -2.28. The van der Waals surface area contributed by atoms with Crippen molar-refractivity contribution in [1.29, 1.82) is 5.26 Å². The van der Waals surface area contributed by atoms with Crippen LogP contribution in [-0.2, 0) is 0 Å². The monoisotopic (exact) mass is 331 g/mol. The summed E-state index contributed by atoms with van der Waals surface area (Å²) in [7, 11) is 0. The van der Waals surface area contributed by atoms with Gasteiger partial charge in [0.15, 0.2) is 0 Å². The van der Waals surface area contributed by atoms with Crippen LogP contribution in [0.3, 0.4) is 0 Å². The molecule has 16 heavy (non-hydrogen) atoms. The van der Waals surface area contributed by atoms with Gasteiger partial charge in [-0.1, -0.05) is 28.7 Å². The average Bonchev–Trinajstić information content (AvgIpc) is 2.29. The van der Waals surface area contributed by atoms with Crippen molar-refractivity contribution in [3.8, 4) is 6.07 Å². The van der Waals surface area contributed by atoms with Crippen LogP contribution >= 0.6 is 22.6 Å². The third kappa shape index (κ3) is 2.51. The summed E-state index contributed by atoms with van der Waals surface area (Å²) >= 11 is 2.32. The molecule has 0 bridgehead atoms. The van der Waals surface area contributed by atoms with Crippen LogP contribution in [0.15, 0.2) is 18.2 Å². The molecule has 0 spiro atoms. The first-order valence-corrected chi connectivity index (χ1v) is 6.25. The van der Waals surface area contributed by atoms with Crippen LogP contribution in [0.4, 0.5) is 4.39 Å². The van der Waals surface area contributed by atoms with Crippen LogP contribution in [0.1, 0.15) is 23.6 Å². The van der Waals surface area contributed by atoms with E-state index in [2.05, 4.69) is 33.2 Å². The molecular formula is C11H11FIN3. The molecule has 0 aliphatic carbocycles. The third-order valence-corrected chi connectivity index (χ3v) is 3.58. The first kappa shape index (κ1) is 11.8. The van der Waals surface area contributed by atoms with Gasteiger partial charge in [0.2, 0.25) is 0 Å². The highest BCUT2D eigenvalue weighted by Gasteiger charge is 2.20. The molecule has 2 N–H and O–H groups in total. The lowest BCUT2D eigenvalue weighted by Crippen LogP contribution is -2.43. The Morgan fingerprint density at radius 3 is 2.88 bits per heavy atom. The van der Waals surface area contributed by atoms with Gasteiger partial charge in [-0.15, -0.1) is 0 Å². The summed E-state index contributed by atoms with van der Waals surface area (Å²) in [4.78, 5) is 0. The maximum absolute atomic E-state index is 13.4. The van der Waals surface area contributed by atoms with E-state index in [9.17, 15) is 4.39 Å². The number of nitrogens with one attached hydrogen (secondary N) is 2. The summed E-state index contributed by atoms with van der Waals surface area (Å²) in [5.41, 5.74) is 1.00. The number of nitriles is 1. The Morgan fingerprint density at radius 1 is 1.44 bits per heavy atom. The van der Waals surface area contributed by atoms with Gasteiger partial charge >= 0.3 is 0 Å². The second kappa shape index (κ2) is 5.08. The van der Waals surface area contributed by atoms with Gasteiger partial charge < -0.3 is 0 Å². The number of hydrogen-bond donors (Lipinski definition) is 2. The summed E-state index contributed by atoms with van der Waals surface area (Å²) in [5, 5.41) is 15.2. The molecule has 2 unspecified atom stereocenters. The van der Waals surface area contributed by atoms with Gasteiger partial charge in [-0.05, 0) is 24.1 Å². The molecule has 84 valence electrons. The highest BCUT2D eigenvalue weighted by Crippen LogP contribution is 2.24. The van der Waals surface area contributed by atoms with E-state index < -0.39 is 5.82 Å². The fourth-order valence-electron chi connectivity index (χ4n) is 1.76. The summed E-state index contributed by atoms with van der Waals surface area (Å²) in [6.45, 7) is 0.722. The zero-order valence-electron chi connectivity index (χ0n) is 8.50. The molecule has 2 rings (SSSR count). The number of alkyl halides is 1. The van der Waals surface area contributed by atoms with Crippen molar-refractivity contribution in [1.82, 2.24) is 10.6 Å². The van der Waals surface area contributed by atoms with Crippen LogP contribution in [0, 0.1) is 17.1 Å². The topological polar surface area (TPSA) is 47.9 Å². The second-order valence-corrected chi connectivity index (χ2v) is 5.20. The Morgan fingerprint density at radius 2 is 2.25 bits per heavy atom. The zero-order valence-corrected chi connectivity index (χ0v) is 10.7. The minimum atomic E-state index is -0.439. The van der Waals surface area contributed by atoms with E-state index in [1.165, 1.54) is 12.1 Å². The van der Waals surface area contributed by atoms with Gasteiger partial charge in [-0.25, -0.2) is 4.39 Å². The van der Waals surface area contributed by atoms with Gasteiger partial charge in [-0.2, -0.15) is 5.26 Å². The molecule has 0 saturated carbocycles. The zero-order chi connectivity index (χ0) is 11.5. The predicted octanol–water partition coefficient (Wildman–Crippen LogP) is 2.04. The normalized spacial score (nSPS) is 25.1. The Bertz CT molecular complexity index is 430. The largest absolute Gasteiger partial charge is 0.297 e. The number of nitrogens with zero attached hydrogens (tertiary/aromatic N) is 1. The first-order valence-electron chi connectivity index (χ1n) is 5.01. The lowest BCUT2D eigenvalue weighted by molar-refractivity contribution is 0.387. The number of halogens is 2. The molecule has 1 aromatic rings. The molecule has 1 saturated heterocycles. The maximum Gasteiger partial charge on any atom is 0.141 e. The minimum Gasteiger partial charge on any atom is -0.297 e. The molecule has 0 radical (unpaired) electrons. The van der Waals surface area contributed by atoms with E-state index in [1.807, 2.05) is 12.1 Å². The summed E-state index contributed by atoms with van der Waals surface area (Å²) in [6.07, 6.45) is 0.909. The van der Waals surface area contributed by atoms with E-state index in [0.29, 0.717) is 4.05 Å². The molecule has 1 fully saturated rings. The highest BCUT2D eigenvalue weighted by molar-refractivity contribution is 14.1. The van der Waals surface area contributed by atoms with Crippen LogP contribution in [0.5, 0.6) is 0 Å². The first-order chi connectivity index (χ1) is 7.70. The number of benzene rings is 1. The molecule has 5 heteroatoms. The SMILES string of the molecule is N#Cc1ccc(C2CC(I)NCN2)cc1F. The Kier molecular flexibility index (Phi) is 3.74. The van der Waals surface area contributed by atoms with Crippen molar-refractivity contribution in [3.63, 3.8) is 0 Å². The van der Waals surface area contributed by atoms with Crippen LogP contribution < -0.4 is 10.6 Å². The molecule has 2 atom stereocenters. The molecule has 0 aromatic heterocycles. The molecule has 1 aliphatic heterocycles. The number of rotatable bonds is 1. The lowest BCUT2D eigenvalue weighted by atomic mass is 10.0. The van der Waals surface area contributed by atoms with Crippen molar-refractivity contribution in [3.05, 3.63) is 35.1 Å². The summed E-state index contributed by atoms with van der Waals surface area (Å²) < 4.78 is 13.8. The number of hydrogen-bond acceptors (Lipinski definition) is 3. The van der Waals surface area contributed by atoms with E-state index in [-0.39, 0.29) is 11.6 Å². The van der Waals surface area contributed by atoms with Crippen LogP contribution in [-0.4, -0.2) is 10.7 Å². The van der Waals surface area contributed by atoms with Gasteiger partial charge in [0.25, 0.3) is 0 Å². The second-order valence-electron chi connectivity index (χ2n) is 3.69. The molecule has 1 aliphatic rings. The van der Waals surface area contributed by atoms with Gasteiger partial charge in [0, 0.05) is 12.7 Å². The van der Waals surface area contributed by atoms with E-state index >= 15 is 0 Å². The van der Waals surface area contributed by atoms with Gasteiger partial charge in [0.05, 0.1) is 9.61 Å². The fourth-order valence-corrected chi connectivity index (χ4v) is 2.49. The molecular weight excluding hydrogens is 320 g/mol. The summed E-state index contributed by atoms with van der Waals surface area (Å²) in [5.74, 6) is -0.439.